The van der Waals surface area contributed by atoms with E-state index < -0.39 is 29.2 Å². The highest BCUT2D eigenvalue weighted by atomic mass is 19.1. The minimum absolute atomic E-state index is 0.0121. The van der Waals surface area contributed by atoms with Gasteiger partial charge in [0.15, 0.2) is 5.82 Å². The summed E-state index contributed by atoms with van der Waals surface area (Å²) in [5.74, 6) is -1.51. The number of anilines is 1. The fourth-order valence-electron chi connectivity index (χ4n) is 4.45. The summed E-state index contributed by atoms with van der Waals surface area (Å²) in [5.41, 5.74) is 1.29. The van der Waals surface area contributed by atoms with Crippen molar-refractivity contribution < 1.29 is 18.0 Å². The first kappa shape index (κ1) is 20.8. The molecule has 4 heterocycles. The van der Waals surface area contributed by atoms with Crippen LogP contribution in [0.5, 0.6) is 0 Å². The molecule has 1 saturated heterocycles. The number of fused-ring (bicyclic) bond motifs is 1. The number of nitrogens with zero attached hydrogens (tertiary/aromatic N) is 4. The number of rotatable bonds is 5. The Morgan fingerprint density at radius 3 is 2.50 bits per heavy atom. The maximum absolute atomic E-state index is 15.3. The van der Waals surface area contributed by atoms with Gasteiger partial charge in [0.1, 0.15) is 23.5 Å². The Bertz CT molecular complexity index is 1410. The van der Waals surface area contributed by atoms with Crippen LogP contribution in [0, 0.1) is 11.6 Å². The Kier molecular flexibility index (Phi) is 4.86. The van der Waals surface area contributed by atoms with E-state index in [0.717, 1.165) is 30.3 Å². The molecule has 1 saturated carbocycles. The van der Waals surface area contributed by atoms with Crippen LogP contribution in [-0.4, -0.2) is 45.0 Å². The Morgan fingerprint density at radius 2 is 1.79 bits per heavy atom. The molecule has 0 spiro atoms. The van der Waals surface area contributed by atoms with Crippen molar-refractivity contribution in [2.75, 3.05) is 18.0 Å². The highest BCUT2D eigenvalue weighted by Gasteiger charge is 2.30. The van der Waals surface area contributed by atoms with Crippen LogP contribution in [-0.2, 0) is 0 Å². The zero-order chi connectivity index (χ0) is 23.4. The molecule has 34 heavy (non-hydrogen) atoms. The zero-order valence-electron chi connectivity index (χ0n) is 18.1. The van der Waals surface area contributed by atoms with Gasteiger partial charge in [-0.05, 0) is 37.5 Å². The normalized spacial score (nSPS) is 18.1. The van der Waals surface area contributed by atoms with E-state index in [9.17, 15) is 13.6 Å². The predicted octanol–water partition coefficient (Wildman–Crippen LogP) is 4.95. The summed E-state index contributed by atoms with van der Waals surface area (Å²) in [7, 11) is 0. The van der Waals surface area contributed by atoms with Gasteiger partial charge in [0.2, 0.25) is 5.78 Å². The largest absolute Gasteiger partial charge is 0.366 e. The number of aromatic amines is 1. The van der Waals surface area contributed by atoms with Crippen LogP contribution in [0.15, 0.2) is 43.0 Å². The van der Waals surface area contributed by atoms with Gasteiger partial charge in [0, 0.05) is 65.9 Å². The van der Waals surface area contributed by atoms with Crippen molar-refractivity contribution in [1.82, 2.24) is 19.9 Å². The quantitative estimate of drug-likeness (QED) is 0.424. The highest BCUT2D eigenvalue weighted by Crippen LogP contribution is 2.38. The van der Waals surface area contributed by atoms with E-state index in [-0.39, 0.29) is 24.2 Å². The van der Waals surface area contributed by atoms with Crippen LogP contribution in [0.2, 0.25) is 0 Å². The number of H-pyrrole nitrogens is 1. The number of nitrogens with one attached hydrogen (secondary N) is 1. The third-order valence-corrected chi connectivity index (χ3v) is 6.49. The first-order chi connectivity index (χ1) is 16.5. The number of ketones is 1. The third kappa shape index (κ3) is 3.52. The highest BCUT2D eigenvalue weighted by molar-refractivity contribution is 6.16. The first-order valence-corrected chi connectivity index (χ1v) is 11.2. The molecule has 9 heteroatoms. The van der Waals surface area contributed by atoms with Crippen molar-refractivity contribution in [3.8, 4) is 11.1 Å². The van der Waals surface area contributed by atoms with Crippen molar-refractivity contribution in [3.05, 3.63) is 71.6 Å². The van der Waals surface area contributed by atoms with Crippen molar-refractivity contribution in [2.24, 2.45) is 0 Å². The number of alkyl halides is 1. The Morgan fingerprint density at radius 1 is 1.03 bits per heavy atom. The van der Waals surface area contributed by atoms with Gasteiger partial charge >= 0.3 is 0 Å². The standard InChI is InChI=1S/C25H20F3N5O/c26-16-5-6-33(12-16)20-4-3-19(27)21(22(20)28)23(34)18-11-32-25-17(18)7-14(8-31-25)15-9-29-24(30-10-15)13-1-2-13/h3-4,7-11,13,16H,1-2,5-6,12H2,(H,31,32)/t16-/m0/s1. The van der Waals surface area contributed by atoms with E-state index in [1.165, 1.54) is 17.2 Å². The van der Waals surface area contributed by atoms with E-state index in [1.807, 2.05) is 0 Å². The molecule has 4 aromatic rings. The van der Waals surface area contributed by atoms with Gasteiger partial charge in [0.25, 0.3) is 0 Å². The van der Waals surface area contributed by atoms with Gasteiger partial charge in [-0.25, -0.2) is 28.1 Å². The fraction of sp³-hybridized carbons (Fsp3) is 0.280. The van der Waals surface area contributed by atoms with Gasteiger partial charge in [-0.2, -0.15) is 0 Å². The molecule has 1 atom stereocenters. The van der Waals surface area contributed by atoms with E-state index in [1.54, 1.807) is 24.7 Å². The summed E-state index contributed by atoms with van der Waals surface area (Å²) >= 11 is 0. The summed E-state index contributed by atoms with van der Waals surface area (Å²) < 4.78 is 43.7. The molecule has 0 unspecified atom stereocenters. The molecule has 0 amide bonds. The summed E-state index contributed by atoms with van der Waals surface area (Å²) in [6.07, 6.45) is 7.85. The Labute approximate surface area is 192 Å². The SMILES string of the molecule is O=C(c1c(F)ccc(N2CC[C@H](F)C2)c1F)c1c[nH]c2ncc(-c3cnc(C4CC4)nc3)cc12. The minimum Gasteiger partial charge on any atom is -0.366 e. The van der Waals surface area contributed by atoms with E-state index in [0.29, 0.717) is 29.1 Å². The minimum atomic E-state index is -1.08. The molecule has 2 aliphatic rings. The number of pyridine rings is 1. The number of benzene rings is 1. The molecule has 3 aromatic heterocycles. The van der Waals surface area contributed by atoms with Gasteiger partial charge < -0.3 is 9.88 Å². The van der Waals surface area contributed by atoms with Gasteiger partial charge in [-0.3, -0.25) is 4.79 Å². The van der Waals surface area contributed by atoms with Gasteiger partial charge in [-0.15, -0.1) is 0 Å². The van der Waals surface area contributed by atoms with E-state index in [2.05, 4.69) is 19.9 Å². The summed E-state index contributed by atoms with van der Waals surface area (Å²) in [6, 6.07) is 4.03. The third-order valence-electron chi connectivity index (χ3n) is 6.49. The molecular formula is C25H20F3N5O. The van der Waals surface area contributed by atoms with Crippen molar-refractivity contribution in [1.29, 1.82) is 0 Å². The maximum Gasteiger partial charge on any atom is 0.201 e. The van der Waals surface area contributed by atoms with Crippen molar-refractivity contribution in [3.63, 3.8) is 0 Å². The Balaban J connectivity index is 1.38. The van der Waals surface area contributed by atoms with Crippen LogP contribution in [0.1, 0.15) is 46.9 Å². The number of carbonyl (C=O) groups is 1. The average Bonchev–Trinajstić information content (AvgIpc) is 3.47. The molecule has 0 radical (unpaired) electrons. The summed E-state index contributed by atoms with van der Waals surface area (Å²) in [4.78, 5) is 30.9. The number of halogens is 3. The monoisotopic (exact) mass is 463 g/mol. The van der Waals surface area contributed by atoms with Crippen molar-refractivity contribution >= 4 is 22.5 Å². The lowest BCUT2D eigenvalue weighted by Gasteiger charge is -2.19. The zero-order valence-corrected chi connectivity index (χ0v) is 18.1. The number of aromatic nitrogens is 4. The molecule has 0 bridgehead atoms. The van der Waals surface area contributed by atoms with E-state index >= 15 is 4.39 Å². The molecule has 1 N–H and O–H groups in total. The molecule has 1 aliphatic carbocycles. The fourth-order valence-corrected chi connectivity index (χ4v) is 4.45. The lowest BCUT2D eigenvalue weighted by molar-refractivity contribution is 0.103. The van der Waals surface area contributed by atoms with Gasteiger partial charge in [0.05, 0.1) is 11.3 Å². The predicted molar refractivity (Wildman–Crippen MR) is 121 cm³/mol. The first-order valence-electron chi connectivity index (χ1n) is 11.2. The van der Waals surface area contributed by atoms with Crippen LogP contribution < -0.4 is 4.90 Å². The number of hydrogen-bond donors (Lipinski definition) is 1. The second-order valence-electron chi connectivity index (χ2n) is 8.84. The van der Waals surface area contributed by atoms with Crippen LogP contribution in [0.4, 0.5) is 18.9 Å². The molecule has 2 fully saturated rings. The maximum atomic E-state index is 15.3. The van der Waals surface area contributed by atoms with E-state index in [4.69, 9.17) is 0 Å². The second-order valence-corrected chi connectivity index (χ2v) is 8.84. The topological polar surface area (TPSA) is 74.8 Å². The Hall–Kier alpha value is -3.75. The lowest BCUT2D eigenvalue weighted by Crippen LogP contribution is -2.22. The molecule has 6 rings (SSSR count). The number of hydrogen-bond acceptors (Lipinski definition) is 5. The van der Waals surface area contributed by atoms with Crippen molar-refractivity contribution in [2.45, 2.75) is 31.4 Å². The summed E-state index contributed by atoms with van der Waals surface area (Å²) in [6.45, 7) is 0.317. The smallest absolute Gasteiger partial charge is 0.201 e. The lowest BCUT2D eigenvalue weighted by atomic mass is 10.00. The molecule has 172 valence electrons. The molecule has 1 aromatic carbocycles. The van der Waals surface area contributed by atoms with Crippen LogP contribution in [0.3, 0.4) is 0 Å². The molecule has 1 aliphatic heterocycles. The van der Waals surface area contributed by atoms with Crippen LogP contribution >= 0.6 is 0 Å². The number of carbonyl (C=O) groups excluding carboxylic acids is 1. The van der Waals surface area contributed by atoms with Gasteiger partial charge in [-0.1, -0.05) is 0 Å². The molecular weight excluding hydrogens is 443 g/mol. The average molecular weight is 463 g/mol. The summed E-state index contributed by atoms with van der Waals surface area (Å²) in [5, 5.41) is 0.433. The molecule has 6 nitrogen and oxygen atoms in total. The van der Waals surface area contributed by atoms with Crippen LogP contribution in [0.25, 0.3) is 22.2 Å². The second kappa shape index (κ2) is 7.93.